The Balaban J connectivity index is 0.00000508. The molecule has 1 aliphatic carbocycles. The molecule has 0 spiro atoms. The average molecular weight is 658 g/mol. The van der Waals surface area contributed by atoms with Crippen molar-refractivity contribution >= 4 is 23.5 Å². The van der Waals surface area contributed by atoms with Gasteiger partial charge in [-0.25, -0.2) is 24.0 Å². The minimum atomic E-state index is -0.805. The van der Waals surface area contributed by atoms with Crippen LogP contribution < -0.4 is 16.1 Å². The summed E-state index contributed by atoms with van der Waals surface area (Å²) in [5.41, 5.74) is 4.02. The molecule has 0 aromatic rings. The lowest BCUT2D eigenvalue weighted by atomic mass is 10.1. The first-order valence-electron chi connectivity index (χ1n) is 15.9. The molecule has 0 saturated carbocycles. The Bertz CT molecular complexity index is 1360. The first kappa shape index (κ1) is 42.6. The van der Waals surface area contributed by atoms with Crippen molar-refractivity contribution in [1.29, 1.82) is 0 Å². The number of hydrogen-bond donors (Lipinski definition) is 3. The fourth-order valence-corrected chi connectivity index (χ4v) is 4.06. The average Bonchev–Trinajstić information content (AvgIpc) is 3.13. The molecule has 2 amide bonds. The van der Waals surface area contributed by atoms with Crippen molar-refractivity contribution in [2.75, 3.05) is 13.6 Å². The molecule has 0 aromatic heterocycles. The van der Waals surface area contributed by atoms with Gasteiger partial charge in [-0.1, -0.05) is 52.0 Å². The highest BCUT2D eigenvalue weighted by molar-refractivity contribution is 6.44. The maximum Gasteiger partial charge on any atom is 0.338 e. The van der Waals surface area contributed by atoms with Crippen LogP contribution in [-0.2, 0) is 19.1 Å². The van der Waals surface area contributed by atoms with E-state index in [9.17, 15) is 23.2 Å². The van der Waals surface area contributed by atoms with Crippen LogP contribution >= 0.6 is 0 Å². The van der Waals surface area contributed by atoms with Crippen molar-refractivity contribution < 1.29 is 27.9 Å². The molecular weight excluding hydrogens is 604 g/mol. The molecule has 1 aliphatic heterocycles. The van der Waals surface area contributed by atoms with Crippen molar-refractivity contribution in [1.82, 2.24) is 21.1 Å². The summed E-state index contributed by atoms with van der Waals surface area (Å²) in [6, 6.07) is -0.382. The molecule has 0 radical (unpaired) electrons. The third-order valence-electron chi connectivity index (χ3n) is 6.19. The number of halogens is 2. The number of esters is 1. The van der Waals surface area contributed by atoms with Crippen molar-refractivity contribution in [2.24, 2.45) is 4.99 Å². The lowest BCUT2D eigenvalue weighted by molar-refractivity contribution is -0.149. The van der Waals surface area contributed by atoms with E-state index in [2.05, 4.69) is 21.1 Å². The molecule has 2 aliphatic rings. The standard InChI is InChI=1S/C32H41F2N5O4.2C2H6/c1-8-22(18-23(34)16-17-33)20-36-29(40)26-19-27(39(35-7)28(9-2)38-26)30(41)37-24-13-10-12-21(3)25(15-11-14-24)31(42)43-32(4,5)6;2*1-2/h8-9,11-12,14-19,24,35H,10,13,20H2,1-7H3,(H,36,40)(H,37,41);2*1-2H3/b14-11+,17-16+,21-12+,22-8+,23-18+,25-15+,28-9-;;. The third kappa shape index (κ3) is 14.7. The largest absolute Gasteiger partial charge is 0.456 e. The van der Waals surface area contributed by atoms with Gasteiger partial charge in [-0.15, -0.1) is 0 Å². The fourth-order valence-electron chi connectivity index (χ4n) is 4.06. The maximum atomic E-state index is 13.7. The first-order chi connectivity index (χ1) is 22.3. The SMILES string of the molecule is C/C=C1/N=C(C(=O)NCC(/C=C(F)\C=C\F)=C/C)C=C(C(=O)NC2/C=C/C=C(C(=O)OC(C)(C)C)\C(C)=C\CC2)N1NC.CC.CC. The first-order valence-corrected chi connectivity index (χ1v) is 15.9. The Kier molecular flexibility index (Phi) is 20.1. The van der Waals surface area contributed by atoms with Gasteiger partial charge in [-0.2, -0.15) is 0 Å². The van der Waals surface area contributed by atoms with Crippen molar-refractivity contribution in [3.8, 4) is 0 Å². The van der Waals surface area contributed by atoms with Crippen LogP contribution in [0.25, 0.3) is 0 Å². The summed E-state index contributed by atoms with van der Waals surface area (Å²) >= 11 is 0. The van der Waals surface area contributed by atoms with Crippen LogP contribution in [0, 0.1) is 0 Å². The molecule has 0 aromatic carbocycles. The Morgan fingerprint density at radius 3 is 2.34 bits per heavy atom. The van der Waals surface area contributed by atoms with Gasteiger partial charge in [0, 0.05) is 31.8 Å². The zero-order valence-corrected chi connectivity index (χ0v) is 29.8. The molecule has 0 fully saturated rings. The molecule has 47 heavy (non-hydrogen) atoms. The van der Waals surface area contributed by atoms with Gasteiger partial charge in [0.05, 0.1) is 11.9 Å². The molecule has 1 heterocycles. The van der Waals surface area contributed by atoms with Crippen molar-refractivity contribution in [2.45, 2.75) is 93.7 Å². The highest BCUT2D eigenvalue weighted by Gasteiger charge is 2.28. The minimum absolute atomic E-state index is 0.0261. The number of hydrazine groups is 1. The van der Waals surface area contributed by atoms with E-state index in [1.807, 2.05) is 40.7 Å². The minimum Gasteiger partial charge on any atom is -0.456 e. The van der Waals surface area contributed by atoms with Gasteiger partial charge in [0.15, 0.2) is 0 Å². The van der Waals surface area contributed by atoms with Gasteiger partial charge in [-0.05, 0) is 83.8 Å². The number of amides is 2. The normalized spacial score (nSPS) is 21.0. The molecule has 0 bridgehead atoms. The fraction of sp³-hybridized carbons (Fsp3) is 0.444. The van der Waals surface area contributed by atoms with E-state index in [0.717, 1.165) is 11.6 Å². The summed E-state index contributed by atoms with van der Waals surface area (Å²) in [5, 5.41) is 7.09. The van der Waals surface area contributed by atoms with Gasteiger partial charge >= 0.3 is 5.97 Å². The molecule has 3 N–H and O–H groups in total. The predicted octanol–water partition coefficient (Wildman–Crippen LogP) is 7.12. The number of hydrogen-bond acceptors (Lipinski definition) is 7. The number of rotatable bonds is 9. The number of aliphatic imine (C=N–C) groups is 1. The Morgan fingerprint density at radius 2 is 1.79 bits per heavy atom. The lowest BCUT2D eigenvalue weighted by Crippen LogP contribution is -2.46. The monoisotopic (exact) mass is 657 g/mol. The van der Waals surface area contributed by atoms with Gasteiger partial charge in [0.1, 0.15) is 28.7 Å². The number of carbonyl (C=O) groups is 3. The van der Waals surface area contributed by atoms with E-state index in [0.29, 0.717) is 35.9 Å². The Morgan fingerprint density at radius 1 is 1.13 bits per heavy atom. The molecule has 0 saturated heterocycles. The van der Waals surface area contributed by atoms with Crippen LogP contribution in [0.1, 0.15) is 82.1 Å². The van der Waals surface area contributed by atoms with E-state index in [4.69, 9.17) is 4.74 Å². The lowest BCUT2D eigenvalue weighted by Gasteiger charge is -2.29. The van der Waals surface area contributed by atoms with Gasteiger partial charge < -0.3 is 15.4 Å². The third-order valence-corrected chi connectivity index (χ3v) is 6.19. The number of ether oxygens (including phenoxy) is 1. The van der Waals surface area contributed by atoms with Crippen LogP contribution in [0.4, 0.5) is 8.78 Å². The highest BCUT2D eigenvalue weighted by Crippen LogP contribution is 2.21. The highest BCUT2D eigenvalue weighted by atomic mass is 19.1. The Labute approximate surface area is 279 Å². The molecule has 11 heteroatoms. The summed E-state index contributed by atoms with van der Waals surface area (Å²) in [4.78, 5) is 43.6. The smallest absolute Gasteiger partial charge is 0.338 e. The zero-order valence-electron chi connectivity index (χ0n) is 29.8. The molecule has 1 unspecified atom stereocenters. The zero-order chi connectivity index (χ0) is 36.2. The van der Waals surface area contributed by atoms with E-state index in [1.165, 1.54) is 11.1 Å². The van der Waals surface area contributed by atoms with Crippen LogP contribution in [-0.4, -0.2) is 53.7 Å². The van der Waals surface area contributed by atoms with Crippen LogP contribution in [0.15, 0.2) is 100 Å². The Hall–Kier alpha value is -4.38. The van der Waals surface area contributed by atoms with Crippen LogP contribution in [0.5, 0.6) is 0 Å². The van der Waals surface area contributed by atoms with Crippen molar-refractivity contribution in [3.63, 3.8) is 0 Å². The van der Waals surface area contributed by atoms with E-state index >= 15 is 0 Å². The number of carbonyl (C=O) groups excluding carboxylic acids is 3. The molecular formula is C36H53F2N5O4. The summed E-state index contributed by atoms with van der Waals surface area (Å²) in [6.45, 7) is 18.6. The van der Waals surface area contributed by atoms with E-state index < -0.39 is 29.2 Å². The topological polar surface area (TPSA) is 112 Å². The van der Waals surface area contributed by atoms with Gasteiger partial charge in [0.2, 0.25) is 0 Å². The van der Waals surface area contributed by atoms with Gasteiger partial charge in [-0.3, -0.25) is 14.6 Å². The van der Waals surface area contributed by atoms with Crippen LogP contribution in [0.2, 0.25) is 0 Å². The van der Waals surface area contributed by atoms with Crippen molar-refractivity contribution in [3.05, 3.63) is 95.1 Å². The summed E-state index contributed by atoms with van der Waals surface area (Å²) in [5.74, 6) is -1.96. The van der Waals surface area contributed by atoms with E-state index in [1.54, 1.807) is 72.0 Å². The second-order valence-electron chi connectivity index (χ2n) is 10.6. The number of nitrogens with zero attached hydrogens (tertiary/aromatic N) is 2. The number of nitrogens with one attached hydrogen (secondary N) is 3. The summed E-state index contributed by atoms with van der Waals surface area (Å²) in [6.07, 6.45) is 14.7. The summed E-state index contributed by atoms with van der Waals surface area (Å²) < 4.78 is 31.5. The molecule has 2 rings (SSSR count). The second-order valence-corrected chi connectivity index (χ2v) is 10.6. The predicted molar refractivity (Wildman–Crippen MR) is 187 cm³/mol. The molecule has 1 atom stereocenters. The number of allylic oxidation sites excluding steroid dienone is 7. The molecule has 260 valence electrons. The summed E-state index contributed by atoms with van der Waals surface area (Å²) in [7, 11) is 1.62. The maximum absolute atomic E-state index is 13.7. The molecule has 9 nitrogen and oxygen atoms in total. The quantitative estimate of drug-likeness (QED) is 0.180. The second kappa shape index (κ2) is 22.2. The van der Waals surface area contributed by atoms with Crippen LogP contribution in [0.3, 0.4) is 0 Å². The van der Waals surface area contributed by atoms with Gasteiger partial charge in [0.25, 0.3) is 11.8 Å². The van der Waals surface area contributed by atoms with E-state index in [-0.39, 0.29) is 30.3 Å².